The number of carboxylic acid groups (broad SMARTS) is 1. The molecule has 33 heavy (non-hydrogen) atoms. The van der Waals surface area contributed by atoms with Gasteiger partial charge in [0.15, 0.2) is 0 Å². The molecule has 2 aromatic rings. The minimum Gasteiger partial charge on any atom is -0.480 e. The molecule has 13 nitrogen and oxygen atoms in total. The van der Waals surface area contributed by atoms with Crippen LogP contribution in [-0.2, 0) is 32.0 Å². The van der Waals surface area contributed by atoms with Gasteiger partial charge in [-0.3, -0.25) is 14.4 Å². The normalized spacial score (nSPS) is 18.4. The summed E-state index contributed by atoms with van der Waals surface area (Å²) in [5, 5.41) is 14.7. The van der Waals surface area contributed by atoms with Gasteiger partial charge >= 0.3 is 5.97 Å². The Bertz CT molecular complexity index is 959. The van der Waals surface area contributed by atoms with Gasteiger partial charge in [-0.15, -0.1) is 0 Å². The van der Waals surface area contributed by atoms with E-state index in [0.717, 1.165) is 0 Å². The van der Waals surface area contributed by atoms with Gasteiger partial charge < -0.3 is 36.3 Å². The molecule has 1 saturated heterocycles. The van der Waals surface area contributed by atoms with E-state index in [2.05, 4.69) is 30.6 Å². The molecule has 0 spiro atoms. The SMILES string of the molecule is CC(N)C(=O)NC(Cc1cnc[nH]1)C(=O)NC(Cc1cnc[nH]1)C(=O)N1CCCC1C(=O)O. The highest BCUT2D eigenvalue weighted by molar-refractivity contribution is 5.94. The molecule has 1 aliphatic rings. The first kappa shape index (κ1) is 23.9. The monoisotopic (exact) mass is 460 g/mol. The molecule has 0 bridgehead atoms. The lowest BCUT2D eigenvalue weighted by Crippen LogP contribution is -2.58. The molecule has 13 heteroatoms. The fraction of sp³-hybridized carbons (Fsp3) is 0.500. The lowest BCUT2D eigenvalue weighted by Gasteiger charge is -2.28. The maximum atomic E-state index is 13.3. The van der Waals surface area contributed by atoms with E-state index in [1.165, 1.54) is 36.9 Å². The number of rotatable bonds is 10. The Balaban J connectivity index is 1.80. The van der Waals surface area contributed by atoms with Crippen LogP contribution in [-0.4, -0.2) is 84.3 Å². The molecule has 4 atom stereocenters. The average Bonchev–Trinajstić information content (AvgIpc) is 3.54. The number of nitrogens with zero attached hydrogens (tertiary/aromatic N) is 3. The zero-order valence-corrected chi connectivity index (χ0v) is 18.2. The molecule has 0 aliphatic carbocycles. The van der Waals surface area contributed by atoms with Gasteiger partial charge in [0.25, 0.3) is 0 Å². The number of aromatic nitrogens is 4. The van der Waals surface area contributed by atoms with Crippen LogP contribution in [0.5, 0.6) is 0 Å². The summed E-state index contributed by atoms with van der Waals surface area (Å²) in [7, 11) is 0. The van der Waals surface area contributed by atoms with E-state index in [-0.39, 0.29) is 19.4 Å². The molecule has 3 heterocycles. The van der Waals surface area contributed by atoms with Crippen LogP contribution in [0.4, 0.5) is 0 Å². The maximum Gasteiger partial charge on any atom is 0.326 e. The van der Waals surface area contributed by atoms with Crippen LogP contribution < -0.4 is 16.4 Å². The van der Waals surface area contributed by atoms with Crippen LogP contribution in [0.1, 0.15) is 31.2 Å². The molecule has 0 saturated carbocycles. The Kier molecular flexibility index (Phi) is 7.77. The third kappa shape index (κ3) is 6.16. The molecule has 4 unspecified atom stereocenters. The zero-order chi connectivity index (χ0) is 24.0. The number of aliphatic carboxylic acids is 1. The number of nitrogens with one attached hydrogen (secondary N) is 4. The van der Waals surface area contributed by atoms with E-state index < -0.39 is 47.9 Å². The fourth-order valence-electron chi connectivity index (χ4n) is 3.70. The molecule has 178 valence electrons. The van der Waals surface area contributed by atoms with Crippen molar-refractivity contribution in [2.75, 3.05) is 6.54 Å². The molecular weight excluding hydrogens is 432 g/mol. The molecule has 7 N–H and O–H groups in total. The number of carboxylic acids is 1. The highest BCUT2D eigenvalue weighted by Crippen LogP contribution is 2.19. The van der Waals surface area contributed by atoms with Crippen molar-refractivity contribution < 1.29 is 24.3 Å². The number of carbonyl (C=O) groups excluding carboxylic acids is 3. The number of hydrogen-bond acceptors (Lipinski definition) is 7. The van der Waals surface area contributed by atoms with Crippen LogP contribution in [0.15, 0.2) is 25.0 Å². The zero-order valence-electron chi connectivity index (χ0n) is 18.2. The van der Waals surface area contributed by atoms with Crippen molar-refractivity contribution in [2.24, 2.45) is 5.73 Å². The van der Waals surface area contributed by atoms with Gasteiger partial charge in [-0.25, -0.2) is 14.8 Å². The van der Waals surface area contributed by atoms with Crippen LogP contribution in [0.25, 0.3) is 0 Å². The van der Waals surface area contributed by atoms with Gasteiger partial charge in [0.1, 0.15) is 18.1 Å². The molecule has 0 aromatic carbocycles. The largest absolute Gasteiger partial charge is 0.480 e. The lowest BCUT2D eigenvalue weighted by atomic mass is 10.1. The third-order valence-corrected chi connectivity index (χ3v) is 5.44. The molecule has 3 rings (SSSR count). The number of likely N-dealkylation sites (tertiary alicyclic amines) is 1. The average molecular weight is 460 g/mol. The minimum absolute atomic E-state index is 0.0748. The smallest absolute Gasteiger partial charge is 0.326 e. The highest BCUT2D eigenvalue weighted by Gasteiger charge is 2.38. The van der Waals surface area contributed by atoms with E-state index in [4.69, 9.17) is 5.73 Å². The Labute approximate surface area is 189 Å². The van der Waals surface area contributed by atoms with Gasteiger partial charge in [-0.2, -0.15) is 0 Å². The second-order valence-corrected chi connectivity index (χ2v) is 8.00. The second kappa shape index (κ2) is 10.7. The minimum atomic E-state index is -1.09. The van der Waals surface area contributed by atoms with Crippen LogP contribution in [0.2, 0.25) is 0 Å². The third-order valence-electron chi connectivity index (χ3n) is 5.44. The van der Waals surface area contributed by atoms with Gasteiger partial charge in [0.2, 0.25) is 17.7 Å². The van der Waals surface area contributed by atoms with Gasteiger partial charge in [0, 0.05) is 43.2 Å². The van der Waals surface area contributed by atoms with E-state index in [9.17, 15) is 24.3 Å². The fourth-order valence-corrected chi connectivity index (χ4v) is 3.70. The Morgan fingerprint density at radius 1 is 1.09 bits per heavy atom. The van der Waals surface area contributed by atoms with E-state index >= 15 is 0 Å². The number of H-pyrrole nitrogens is 2. The van der Waals surface area contributed by atoms with Gasteiger partial charge in [0.05, 0.1) is 18.7 Å². The summed E-state index contributed by atoms with van der Waals surface area (Å²) in [6, 6.07) is -3.88. The molecule has 2 aromatic heterocycles. The van der Waals surface area contributed by atoms with Crippen molar-refractivity contribution in [3.05, 3.63) is 36.4 Å². The first-order valence-electron chi connectivity index (χ1n) is 10.6. The van der Waals surface area contributed by atoms with E-state index in [1.807, 2.05) is 0 Å². The van der Waals surface area contributed by atoms with Crippen molar-refractivity contribution in [1.82, 2.24) is 35.5 Å². The predicted octanol–water partition coefficient (Wildman–Crippen LogP) is -1.69. The summed E-state index contributed by atoms with van der Waals surface area (Å²) in [5.74, 6) is -2.74. The van der Waals surface area contributed by atoms with E-state index in [0.29, 0.717) is 24.2 Å². The molecule has 3 amide bonds. The highest BCUT2D eigenvalue weighted by atomic mass is 16.4. The predicted molar refractivity (Wildman–Crippen MR) is 114 cm³/mol. The maximum absolute atomic E-state index is 13.3. The summed E-state index contributed by atoms with van der Waals surface area (Å²) in [6.07, 6.45) is 7.00. The Hall–Kier alpha value is -3.74. The molecule has 1 aliphatic heterocycles. The van der Waals surface area contributed by atoms with Gasteiger partial charge in [-0.1, -0.05) is 0 Å². The Morgan fingerprint density at radius 3 is 2.18 bits per heavy atom. The second-order valence-electron chi connectivity index (χ2n) is 8.00. The van der Waals surface area contributed by atoms with Crippen molar-refractivity contribution in [3.8, 4) is 0 Å². The van der Waals surface area contributed by atoms with Crippen LogP contribution in [0, 0.1) is 0 Å². The van der Waals surface area contributed by atoms with Crippen molar-refractivity contribution >= 4 is 23.7 Å². The quantitative estimate of drug-likeness (QED) is 0.241. The first-order chi connectivity index (χ1) is 15.8. The number of imidazole rings is 2. The number of carbonyl (C=O) groups is 4. The van der Waals surface area contributed by atoms with Crippen molar-refractivity contribution in [2.45, 2.75) is 56.8 Å². The standard InChI is InChI=1S/C20H28N8O5/c1-11(21)17(29)26-14(5-12-7-22-9-24-12)18(30)27-15(6-13-8-23-10-25-13)19(31)28-4-2-3-16(28)20(32)33/h7-11,14-16H,2-6,21H2,1H3,(H,22,24)(H,23,25)(H,26,29)(H,27,30)(H,32,33). The molecule has 1 fully saturated rings. The summed E-state index contributed by atoms with van der Waals surface area (Å²) < 4.78 is 0. The number of hydrogen-bond donors (Lipinski definition) is 6. The summed E-state index contributed by atoms with van der Waals surface area (Å²) in [6.45, 7) is 1.77. The topological polar surface area (TPSA) is 199 Å². The van der Waals surface area contributed by atoms with Crippen LogP contribution in [0.3, 0.4) is 0 Å². The molecule has 0 radical (unpaired) electrons. The van der Waals surface area contributed by atoms with E-state index in [1.54, 1.807) is 0 Å². The summed E-state index contributed by atoms with van der Waals surface area (Å²) >= 11 is 0. The first-order valence-corrected chi connectivity index (χ1v) is 10.6. The number of amides is 3. The van der Waals surface area contributed by atoms with Crippen molar-refractivity contribution in [3.63, 3.8) is 0 Å². The summed E-state index contributed by atoms with van der Waals surface area (Å²) in [5.41, 5.74) is 6.82. The number of nitrogens with two attached hydrogens (primary N) is 1. The van der Waals surface area contributed by atoms with Gasteiger partial charge in [-0.05, 0) is 19.8 Å². The Morgan fingerprint density at radius 2 is 1.67 bits per heavy atom. The number of aromatic amines is 2. The van der Waals surface area contributed by atoms with Crippen molar-refractivity contribution in [1.29, 1.82) is 0 Å². The molecular formula is C20H28N8O5. The van der Waals surface area contributed by atoms with Crippen LogP contribution >= 0.6 is 0 Å². The lowest BCUT2D eigenvalue weighted by molar-refractivity contribution is -0.149. The summed E-state index contributed by atoms with van der Waals surface area (Å²) in [4.78, 5) is 65.1.